The summed E-state index contributed by atoms with van der Waals surface area (Å²) < 4.78 is 37.4. The lowest BCUT2D eigenvalue weighted by Gasteiger charge is -2.22. The Morgan fingerprint density at radius 2 is 2.15 bits per heavy atom. The highest BCUT2D eigenvalue weighted by atomic mass is 32.2. The monoisotopic (exact) mass is 389 g/mol. The number of sulfonamides is 1. The third-order valence-electron chi connectivity index (χ3n) is 4.52. The Labute approximate surface area is 157 Å². The van der Waals surface area contributed by atoms with Gasteiger partial charge in [-0.2, -0.15) is 9.57 Å². The zero-order chi connectivity index (χ0) is 19.6. The first kappa shape index (κ1) is 19.1. The molecule has 0 unspecified atom stereocenters. The normalized spacial score (nSPS) is 17.6. The topological polar surface area (TPSA) is 114 Å². The largest absolute Gasteiger partial charge is 0.460 e. The van der Waals surface area contributed by atoms with Gasteiger partial charge in [-0.25, -0.2) is 8.42 Å². The number of esters is 1. The number of nitrogens with zero attached hydrogens (tertiary/aromatic N) is 3. The SMILES string of the molecule is Cc1noc(C)c1S(=O)(=O)N1CCC[C@H]1C(=O)OCc1ccccc1C#N. The molecule has 8 nitrogen and oxygen atoms in total. The molecule has 0 aliphatic carbocycles. The molecule has 1 saturated heterocycles. The van der Waals surface area contributed by atoms with E-state index in [1.165, 1.54) is 6.92 Å². The molecule has 1 aromatic heterocycles. The van der Waals surface area contributed by atoms with Crippen LogP contribution in [0.4, 0.5) is 0 Å². The molecule has 0 saturated carbocycles. The number of ether oxygens (including phenoxy) is 1. The van der Waals surface area contributed by atoms with Gasteiger partial charge in [0.1, 0.15) is 23.2 Å². The van der Waals surface area contributed by atoms with Gasteiger partial charge in [0, 0.05) is 12.1 Å². The fourth-order valence-corrected chi connectivity index (χ4v) is 5.17. The predicted octanol–water partition coefficient (Wildman–Crippen LogP) is 2.06. The lowest BCUT2D eigenvalue weighted by Crippen LogP contribution is -2.41. The summed E-state index contributed by atoms with van der Waals surface area (Å²) in [6, 6.07) is 7.92. The molecule has 1 atom stereocenters. The number of hydrogen-bond acceptors (Lipinski definition) is 7. The van der Waals surface area contributed by atoms with Gasteiger partial charge in [-0.05, 0) is 32.8 Å². The smallest absolute Gasteiger partial charge is 0.324 e. The van der Waals surface area contributed by atoms with E-state index in [4.69, 9.17) is 14.5 Å². The minimum Gasteiger partial charge on any atom is -0.460 e. The van der Waals surface area contributed by atoms with Crippen LogP contribution in [0.25, 0.3) is 0 Å². The Bertz CT molecular complexity index is 987. The standard InChI is InChI=1S/C18H19N3O5S/c1-12-17(13(2)26-20-12)27(23,24)21-9-5-8-16(21)18(22)25-11-15-7-4-3-6-14(15)10-19/h3-4,6-7,16H,5,8-9,11H2,1-2H3/t16-/m0/s1. The summed E-state index contributed by atoms with van der Waals surface area (Å²) in [4.78, 5) is 12.6. The molecule has 1 aliphatic rings. The number of carbonyl (C=O) groups is 1. The van der Waals surface area contributed by atoms with Crippen molar-refractivity contribution in [1.82, 2.24) is 9.46 Å². The van der Waals surface area contributed by atoms with E-state index in [1.807, 2.05) is 6.07 Å². The summed E-state index contributed by atoms with van der Waals surface area (Å²) in [5.74, 6) is -0.440. The first-order valence-electron chi connectivity index (χ1n) is 8.45. The quantitative estimate of drug-likeness (QED) is 0.719. The highest BCUT2D eigenvalue weighted by Crippen LogP contribution is 2.30. The van der Waals surface area contributed by atoms with E-state index in [0.717, 1.165) is 4.31 Å². The lowest BCUT2D eigenvalue weighted by molar-refractivity contribution is -0.148. The van der Waals surface area contributed by atoms with Crippen molar-refractivity contribution < 1.29 is 22.5 Å². The molecular weight excluding hydrogens is 370 g/mol. The van der Waals surface area contributed by atoms with Crippen molar-refractivity contribution in [2.45, 2.75) is 44.2 Å². The second-order valence-electron chi connectivity index (χ2n) is 6.30. The molecule has 27 heavy (non-hydrogen) atoms. The molecule has 3 rings (SSSR count). The van der Waals surface area contributed by atoms with Gasteiger partial charge < -0.3 is 9.26 Å². The number of nitriles is 1. The van der Waals surface area contributed by atoms with Crippen LogP contribution in [-0.4, -0.2) is 36.4 Å². The van der Waals surface area contributed by atoms with Gasteiger partial charge >= 0.3 is 5.97 Å². The van der Waals surface area contributed by atoms with Crippen LogP contribution in [0.3, 0.4) is 0 Å². The van der Waals surface area contributed by atoms with Crippen molar-refractivity contribution in [3.63, 3.8) is 0 Å². The molecule has 1 aromatic carbocycles. The van der Waals surface area contributed by atoms with Gasteiger partial charge in [0.25, 0.3) is 0 Å². The minimum absolute atomic E-state index is 0.00275. The Kier molecular flexibility index (Phi) is 5.30. The zero-order valence-corrected chi connectivity index (χ0v) is 15.8. The lowest BCUT2D eigenvalue weighted by atomic mass is 10.1. The second kappa shape index (κ2) is 7.50. The third-order valence-corrected chi connectivity index (χ3v) is 6.67. The van der Waals surface area contributed by atoms with Gasteiger partial charge in [0.2, 0.25) is 10.0 Å². The zero-order valence-electron chi connectivity index (χ0n) is 15.0. The van der Waals surface area contributed by atoms with Gasteiger partial charge in [0.15, 0.2) is 5.76 Å². The van der Waals surface area contributed by atoms with E-state index in [9.17, 15) is 13.2 Å². The van der Waals surface area contributed by atoms with E-state index >= 15 is 0 Å². The van der Waals surface area contributed by atoms with Crippen LogP contribution in [-0.2, 0) is 26.2 Å². The summed E-state index contributed by atoms with van der Waals surface area (Å²) in [5, 5.41) is 12.8. The molecular formula is C18H19N3O5S. The number of aryl methyl sites for hydroxylation is 2. The van der Waals surface area contributed by atoms with Crippen LogP contribution in [0.15, 0.2) is 33.7 Å². The highest BCUT2D eigenvalue weighted by molar-refractivity contribution is 7.89. The molecule has 2 aromatic rings. The van der Waals surface area contributed by atoms with Crippen molar-refractivity contribution in [2.75, 3.05) is 6.54 Å². The van der Waals surface area contributed by atoms with Crippen LogP contribution in [0, 0.1) is 25.2 Å². The first-order valence-corrected chi connectivity index (χ1v) is 9.89. The summed E-state index contributed by atoms with van der Waals surface area (Å²) >= 11 is 0. The van der Waals surface area contributed by atoms with Crippen molar-refractivity contribution in [3.8, 4) is 6.07 Å². The van der Waals surface area contributed by atoms with Crippen LogP contribution in [0.1, 0.15) is 35.4 Å². The molecule has 0 spiro atoms. The van der Waals surface area contributed by atoms with Crippen LogP contribution in [0.5, 0.6) is 0 Å². The fourth-order valence-electron chi connectivity index (χ4n) is 3.22. The Morgan fingerprint density at radius 1 is 1.41 bits per heavy atom. The van der Waals surface area contributed by atoms with Crippen LogP contribution in [0.2, 0.25) is 0 Å². The minimum atomic E-state index is -3.92. The maximum atomic E-state index is 13.0. The number of carbonyl (C=O) groups excluding carboxylic acids is 1. The molecule has 2 heterocycles. The van der Waals surface area contributed by atoms with Gasteiger partial charge in [-0.15, -0.1) is 0 Å². The number of benzene rings is 1. The second-order valence-corrected chi connectivity index (χ2v) is 8.13. The first-order chi connectivity index (χ1) is 12.9. The molecule has 9 heteroatoms. The van der Waals surface area contributed by atoms with Crippen LogP contribution >= 0.6 is 0 Å². The van der Waals surface area contributed by atoms with E-state index < -0.39 is 22.0 Å². The maximum absolute atomic E-state index is 13.0. The van der Waals surface area contributed by atoms with Gasteiger partial charge in [-0.3, -0.25) is 4.79 Å². The fraction of sp³-hybridized carbons (Fsp3) is 0.389. The molecule has 0 N–H and O–H groups in total. The van der Waals surface area contributed by atoms with Crippen molar-refractivity contribution in [2.24, 2.45) is 0 Å². The summed E-state index contributed by atoms with van der Waals surface area (Å²) in [6.45, 7) is 3.21. The molecule has 0 amide bonds. The molecule has 1 fully saturated rings. The molecule has 1 aliphatic heterocycles. The Balaban J connectivity index is 1.78. The molecule has 0 radical (unpaired) electrons. The van der Waals surface area contributed by atoms with E-state index in [0.29, 0.717) is 24.0 Å². The third kappa shape index (κ3) is 3.59. The summed E-state index contributed by atoms with van der Waals surface area (Å²) in [6.07, 6.45) is 0.929. The Morgan fingerprint density at radius 3 is 2.81 bits per heavy atom. The van der Waals surface area contributed by atoms with E-state index in [2.05, 4.69) is 5.16 Å². The van der Waals surface area contributed by atoms with Gasteiger partial charge in [0.05, 0.1) is 11.6 Å². The van der Waals surface area contributed by atoms with Crippen molar-refractivity contribution in [1.29, 1.82) is 5.26 Å². The molecule has 0 bridgehead atoms. The number of hydrogen-bond donors (Lipinski definition) is 0. The number of rotatable bonds is 5. The maximum Gasteiger partial charge on any atom is 0.324 e. The highest BCUT2D eigenvalue weighted by Gasteiger charge is 2.42. The summed E-state index contributed by atoms with van der Waals surface area (Å²) in [7, 11) is -3.92. The number of aromatic nitrogens is 1. The van der Waals surface area contributed by atoms with Crippen LogP contribution < -0.4 is 0 Å². The predicted molar refractivity (Wildman–Crippen MR) is 93.8 cm³/mol. The average molecular weight is 389 g/mol. The van der Waals surface area contributed by atoms with E-state index in [1.54, 1.807) is 31.2 Å². The average Bonchev–Trinajstić information content (AvgIpc) is 3.27. The molecule has 142 valence electrons. The van der Waals surface area contributed by atoms with E-state index in [-0.39, 0.29) is 29.5 Å². The Hall–Kier alpha value is -2.70. The van der Waals surface area contributed by atoms with Gasteiger partial charge in [-0.1, -0.05) is 23.4 Å². The summed E-state index contributed by atoms with van der Waals surface area (Å²) in [5.41, 5.74) is 1.25. The van der Waals surface area contributed by atoms with Crippen molar-refractivity contribution in [3.05, 3.63) is 46.8 Å². The van der Waals surface area contributed by atoms with Crippen molar-refractivity contribution >= 4 is 16.0 Å².